The maximum atomic E-state index is 12.5. The van der Waals surface area contributed by atoms with Crippen molar-refractivity contribution < 1.29 is 14.3 Å². The second-order valence-corrected chi connectivity index (χ2v) is 3.53. The SMILES string of the molecule is N[C@@](CF)(CC1=CCCC=C1)C(=O)O. The molecule has 1 aliphatic carbocycles. The molecule has 1 atom stereocenters. The minimum atomic E-state index is -1.77. The van der Waals surface area contributed by atoms with Crippen molar-refractivity contribution in [3.8, 4) is 0 Å². The molecular weight excluding hydrogens is 185 g/mol. The van der Waals surface area contributed by atoms with E-state index >= 15 is 0 Å². The molecule has 78 valence electrons. The summed E-state index contributed by atoms with van der Waals surface area (Å²) in [6.07, 6.45) is 7.52. The summed E-state index contributed by atoms with van der Waals surface area (Å²) in [5.74, 6) is -1.29. The van der Waals surface area contributed by atoms with Crippen LogP contribution in [0.2, 0.25) is 0 Å². The molecule has 0 radical (unpaired) electrons. The Kier molecular flexibility index (Phi) is 3.41. The van der Waals surface area contributed by atoms with E-state index < -0.39 is 18.2 Å². The molecule has 3 N–H and O–H groups in total. The van der Waals surface area contributed by atoms with E-state index in [2.05, 4.69) is 0 Å². The molecule has 0 fully saturated rings. The van der Waals surface area contributed by atoms with E-state index in [9.17, 15) is 9.18 Å². The van der Waals surface area contributed by atoms with Gasteiger partial charge in [0, 0.05) is 6.42 Å². The van der Waals surface area contributed by atoms with E-state index in [1.165, 1.54) is 0 Å². The lowest BCUT2D eigenvalue weighted by molar-refractivity contribution is -0.143. The molecule has 0 amide bonds. The minimum Gasteiger partial charge on any atom is -0.480 e. The third kappa shape index (κ3) is 2.42. The number of allylic oxidation sites excluding steroid dienone is 3. The molecule has 3 nitrogen and oxygen atoms in total. The average molecular weight is 199 g/mol. The first-order valence-corrected chi connectivity index (χ1v) is 4.52. The number of carboxylic acids is 1. The molecule has 0 aromatic heterocycles. The molecule has 14 heavy (non-hydrogen) atoms. The van der Waals surface area contributed by atoms with Crippen molar-refractivity contribution in [1.82, 2.24) is 0 Å². The van der Waals surface area contributed by atoms with Gasteiger partial charge in [-0.1, -0.05) is 18.2 Å². The predicted octanol–water partition coefficient (Wildman–Crippen LogP) is 1.40. The van der Waals surface area contributed by atoms with Gasteiger partial charge in [0.1, 0.15) is 12.2 Å². The summed E-state index contributed by atoms with van der Waals surface area (Å²) in [5, 5.41) is 8.75. The molecule has 0 unspecified atom stereocenters. The number of alkyl halides is 1. The Morgan fingerprint density at radius 3 is 2.79 bits per heavy atom. The van der Waals surface area contributed by atoms with Crippen LogP contribution in [0, 0.1) is 0 Å². The molecule has 0 saturated heterocycles. The van der Waals surface area contributed by atoms with Gasteiger partial charge < -0.3 is 10.8 Å². The van der Waals surface area contributed by atoms with Crippen molar-refractivity contribution >= 4 is 5.97 Å². The van der Waals surface area contributed by atoms with Gasteiger partial charge in [-0.05, 0) is 18.4 Å². The van der Waals surface area contributed by atoms with Gasteiger partial charge in [-0.15, -0.1) is 0 Å². The van der Waals surface area contributed by atoms with Gasteiger partial charge in [0.15, 0.2) is 0 Å². The van der Waals surface area contributed by atoms with E-state index in [0.717, 1.165) is 18.4 Å². The summed E-state index contributed by atoms with van der Waals surface area (Å²) < 4.78 is 12.5. The molecule has 0 aliphatic heterocycles. The summed E-state index contributed by atoms with van der Waals surface area (Å²) >= 11 is 0. The molecule has 0 spiro atoms. The van der Waals surface area contributed by atoms with Crippen molar-refractivity contribution in [3.63, 3.8) is 0 Å². The smallest absolute Gasteiger partial charge is 0.326 e. The number of halogens is 1. The van der Waals surface area contributed by atoms with Gasteiger partial charge in [-0.25, -0.2) is 4.39 Å². The number of rotatable bonds is 4. The second-order valence-electron chi connectivity index (χ2n) is 3.53. The Morgan fingerprint density at radius 1 is 1.64 bits per heavy atom. The average Bonchev–Trinajstić information content (AvgIpc) is 2.19. The Bertz CT molecular complexity index is 286. The topological polar surface area (TPSA) is 63.3 Å². The van der Waals surface area contributed by atoms with E-state index in [0.29, 0.717) is 0 Å². The third-order valence-corrected chi connectivity index (χ3v) is 2.26. The third-order valence-electron chi connectivity index (χ3n) is 2.26. The predicted molar refractivity (Wildman–Crippen MR) is 51.6 cm³/mol. The number of carbonyl (C=O) groups is 1. The Hall–Kier alpha value is -1.16. The van der Waals surface area contributed by atoms with Crippen molar-refractivity contribution in [2.24, 2.45) is 5.73 Å². The monoisotopic (exact) mass is 199 g/mol. The Morgan fingerprint density at radius 2 is 2.36 bits per heavy atom. The fourth-order valence-corrected chi connectivity index (χ4v) is 1.34. The standard InChI is InChI=1S/C10H14FNO2/c11-7-10(12,9(13)14)6-8-4-2-1-3-5-8/h2,4-5H,1,3,6-7,12H2,(H,13,14)/t10-/m1/s1. The lowest BCUT2D eigenvalue weighted by atomic mass is 9.90. The summed E-state index contributed by atoms with van der Waals surface area (Å²) in [7, 11) is 0. The second kappa shape index (κ2) is 4.37. The zero-order valence-corrected chi connectivity index (χ0v) is 7.87. The van der Waals surface area contributed by atoms with Crippen molar-refractivity contribution in [2.75, 3.05) is 6.67 Å². The van der Waals surface area contributed by atoms with E-state index in [4.69, 9.17) is 10.8 Å². The first-order valence-electron chi connectivity index (χ1n) is 4.52. The zero-order chi connectivity index (χ0) is 10.6. The molecule has 0 aromatic carbocycles. The van der Waals surface area contributed by atoms with Crippen LogP contribution in [0.5, 0.6) is 0 Å². The van der Waals surface area contributed by atoms with Gasteiger partial charge in [-0.3, -0.25) is 4.79 Å². The molecule has 1 aliphatic rings. The summed E-state index contributed by atoms with van der Waals surface area (Å²) in [4.78, 5) is 10.7. The van der Waals surface area contributed by atoms with E-state index in [1.807, 2.05) is 18.2 Å². The van der Waals surface area contributed by atoms with Crippen molar-refractivity contribution in [2.45, 2.75) is 24.8 Å². The van der Waals surface area contributed by atoms with Gasteiger partial charge in [-0.2, -0.15) is 0 Å². The molecule has 0 aromatic rings. The maximum absolute atomic E-state index is 12.5. The van der Waals surface area contributed by atoms with Crippen LogP contribution >= 0.6 is 0 Å². The fourth-order valence-electron chi connectivity index (χ4n) is 1.34. The van der Waals surface area contributed by atoms with Crippen LogP contribution in [0.3, 0.4) is 0 Å². The minimum absolute atomic E-state index is 0.0509. The summed E-state index contributed by atoms with van der Waals surface area (Å²) in [6, 6.07) is 0. The van der Waals surface area contributed by atoms with Crippen LogP contribution in [0.1, 0.15) is 19.3 Å². The van der Waals surface area contributed by atoms with E-state index in [-0.39, 0.29) is 6.42 Å². The number of carboxylic acid groups (broad SMARTS) is 1. The lowest BCUT2D eigenvalue weighted by Gasteiger charge is -2.22. The zero-order valence-electron chi connectivity index (χ0n) is 7.87. The highest BCUT2D eigenvalue weighted by molar-refractivity contribution is 5.79. The Labute approximate surface area is 82.1 Å². The number of hydrogen-bond donors (Lipinski definition) is 2. The van der Waals surface area contributed by atoms with Crippen LogP contribution in [-0.4, -0.2) is 23.3 Å². The van der Waals surface area contributed by atoms with Gasteiger partial charge in [0.2, 0.25) is 0 Å². The van der Waals surface area contributed by atoms with Crippen LogP contribution in [-0.2, 0) is 4.79 Å². The molecule has 0 bridgehead atoms. The van der Waals surface area contributed by atoms with Gasteiger partial charge >= 0.3 is 5.97 Å². The number of nitrogens with two attached hydrogens (primary N) is 1. The lowest BCUT2D eigenvalue weighted by Crippen LogP contribution is -2.50. The largest absolute Gasteiger partial charge is 0.480 e. The molecule has 1 rings (SSSR count). The first kappa shape index (κ1) is 10.9. The molecule has 4 heteroatoms. The Balaban J connectivity index is 2.69. The highest BCUT2D eigenvalue weighted by Gasteiger charge is 2.34. The highest BCUT2D eigenvalue weighted by Crippen LogP contribution is 2.20. The molecule has 0 saturated carbocycles. The normalized spacial score (nSPS) is 20.0. The number of aliphatic carboxylic acids is 1. The summed E-state index contributed by atoms with van der Waals surface area (Å²) in [5.41, 5.74) is 4.46. The van der Waals surface area contributed by atoms with Crippen LogP contribution < -0.4 is 5.73 Å². The van der Waals surface area contributed by atoms with Gasteiger partial charge in [0.25, 0.3) is 0 Å². The first-order chi connectivity index (χ1) is 6.58. The van der Waals surface area contributed by atoms with E-state index in [1.54, 1.807) is 0 Å². The van der Waals surface area contributed by atoms with Crippen LogP contribution in [0.25, 0.3) is 0 Å². The molecule has 0 heterocycles. The fraction of sp³-hybridized carbons (Fsp3) is 0.500. The number of hydrogen-bond acceptors (Lipinski definition) is 2. The maximum Gasteiger partial charge on any atom is 0.326 e. The van der Waals surface area contributed by atoms with Crippen molar-refractivity contribution in [1.29, 1.82) is 0 Å². The van der Waals surface area contributed by atoms with Crippen LogP contribution in [0.4, 0.5) is 4.39 Å². The van der Waals surface area contributed by atoms with Crippen molar-refractivity contribution in [3.05, 3.63) is 23.8 Å². The molecular formula is C10H14FNO2. The van der Waals surface area contributed by atoms with Crippen LogP contribution in [0.15, 0.2) is 23.8 Å². The summed E-state index contributed by atoms with van der Waals surface area (Å²) in [6.45, 7) is -1.05. The van der Waals surface area contributed by atoms with Gasteiger partial charge in [0.05, 0.1) is 0 Å². The quantitative estimate of drug-likeness (QED) is 0.719. The highest BCUT2D eigenvalue weighted by atomic mass is 19.1.